The molecule has 21 heavy (non-hydrogen) atoms. The zero-order valence-electron chi connectivity index (χ0n) is 12.7. The summed E-state index contributed by atoms with van der Waals surface area (Å²) in [6, 6.07) is 4.79. The average Bonchev–Trinajstić information content (AvgIpc) is 2.95. The summed E-state index contributed by atoms with van der Waals surface area (Å²) < 4.78 is 6.58. The Hall–Kier alpha value is -0.850. The van der Waals surface area contributed by atoms with Gasteiger partial charge >= 0.3 is 6.09 Å². The molecule has 3 heterocycles. The molecule has 1 amide bonds. The van der Waals surface area contributed by atoms with Gasteiger partial charge in [-0.25, -0.2) is 4.79 Å². The monoisotopic (exact) mass is 400 g/mol. The molecule has 2 aliphatic heterocycles. The topological polar surface area (TPSA) is 42.4 Å². The number of hydrogen-bond acceptors (Lipinski definition) is 3. The number of hydrogen-bond donors (Lipinski definition) is 0. The van der Waals surface area contributed by atoms with Gasteiger partial charge in [0.15, 0.2) is 0 Å². The number of fused-ring (bicyclic) bond motifs is 2. The minimum atomic E-state index is -0.432. The summed E-state index contributed by atoms with van der Waals surface area (Å²) in [4.78, 5) is 18.8. The highest BCUT2D eigenvalue weighted by Gasteiger charge is 2.50. The Balaban J connectivity index is 1.78. The summed E-state index contributed by atoms with van der Waals surface area (Å²) in [6.07, 6.45) is 5.00. The lowest BCUT2D eigenvalue weighted by Crippen LogP contribution is -2.40. The summed E-state index contributed by atoms with van der Waals surface area (Å²) in [7, 11) is 0. The Bertz CT molecular complexity index is 538. The third-order valence-electron chi connectivity index (χ3n) is 4.32. The number of nitrogens with zero attached hydrogens (tertiary/aromatic N) is 2. The first-order valence-corrected chi connectivity index (χ1v) is 8.56. The van der Waals surface area contributed by atoms with Crippen molar-refractivity contribution < 1.29 is 9.53 Å². The van der Waals surface area contributed by atoms with Gasteiger partial charge in [0.2, 0.25) is 0 Å². The van der Waals surface area contributed by atoms with Gasteiger partial charge < -0.3 is 9.64 Å². The summed E-state index contributed by atoms with van der Waals surface area (Å²) in [5, 5.41) is 0. The SMILES string of the molecule is CC(C)(C)OC(=O)N1[C@H]2CC[C@@H]1[C@@H](c1ccc(I)nc1)C2. The van der Waals surface area contributed by atoms with E-state index in [1.165, 1.54) is 5.56 Å². The lowest BCUT2D eigenvalue weighted by molar-refractivity contribution is 0.0213. The molecule has 0 radical (unpaired) electrons. The van der Waals surface area contributed by atoms with Crippen LogP contribution in [0.2, 0.25) is 0 Å². The van der Waals surface area contributed by atoms with Crippen LogP contribution in [0.4, 0.5) is 4.79 Å². The molecule has 4 nitrogen and oxygen atoms in total. The summed E-state index contributed by atoms with van der Waals surface area (Å²) in [6.45, 7) is 5.76. The molecule has 2 fully saturated rings. The highest BCUT2D eigenvalue weighted by Crippen LogP contribution is 2.47. The molecule has 1 aromatic rings. The first-order valence-electron chi connectivity index (χ1n) is 7.48. The number of aromatic nitrogens is 1. The van der Waals surface area contributed by atoms with Crippen LogP contribution in [0, 0.1) is 3.70 Å². The van der Waals surface area contributed by atoms with Crippen molar-refractivity contribution in [2.75, 3.05) is 0 Å². The van der Waals surface area contributed by atoms with Gasteiger partial charge in [0.25, 0.3) is 0 Å². The van der Waals surface area contributed by atoms with Crippen molar-refractivity contribution in [2.24, 2.45) is 0 Å². The molecule has 1 aromatic heterocycles. The fourth-order valence-corrected chi connectivity index (χ4v) is 3.87. The van der Waals surface area contributed by atoms with E-state index in [1.807, 2.05) is 37.9 Å². The van der Waals surface area contributed by atoms with Crippen LogP contribution in [0.3, 0.4) is 0 Å². The average molecular weight is 400 g/mol. The number of carbonyl (C=O) groups excluding carboxylic acids is 1. The van der Waals surface area contributed by atoms with Crippen molar-refractivity contribution in [1.29, 1.82) is 0 Å². The molecule has 3 rings (SSSR count). The Morgan fingerprint density at radius 3 is 2.76 bits per heavy atom. The van der Waals surface area contributed by atoms with Crippen LogP contribution in [-0.4, -0.2) is 33.7 Å². The largest absolute Gasteiger partial charge is 0.444 e. The standard InChI is InChI=1S/C16H21IN2O2/c1-16(2,3)21-15(20)19-11-5-6-13(19)12(8-11)10-4-7-14(17)18-9-10/h4,7,9,11-13H,5-6,8H2,1-3H3/t11-,12+,13+/m0/s1. The number of pyridine rings is 1. The highest BCUT2D eigenvalue weighted by atomic mass is 127. The van der Waals surface area contributed by atoms with Crippen LogP contribution < -0.4 is 0 Å². The van der Waals surface area contributed by atoms with E-state index < -0.39 is 5.60 Å². The summed E-state index contributed by atoms with van der Waals surface area (Å²) in [5.41, 5.74) is 0.815. The second kappa shape index (κ2) is 5.41. The van der Waals surface area contributed by atoms with Crippen LogP contribution in [0.15, 0.2) is 18.3 Å². The smallest absolute Gasteiger partial charge is 0.410 e. The maximum absolute atomic E-state index is 12.4. The lowest BCUT2D eigenvalue weighted by atomic mass is 9.85. The van der Waals surface area contributed by atoms with E-state index in [1.54, 1.807) is 0 Å². The fraction of sp³-hybridized carbons (Fsp3) is 0.625. The highest BCUT2D eigenvalue weighted by molar-refractivity contribution is 14.1. The van der Waals surface area contributed by atoms with E-state index in [9.17, 15) is 4.79 Å². The van der Waals surface area contributed by atoms with Crippen molar-refractivity contribution in [3.63, 3.8) is 0 Å². The van der Waals surface area contributed by atoms with Crippen molar-refractivity contribution in [3.8, 4) is 0 Å². The molecule has 0 aliphatic carbocycles. The predicted molar refractivity (Wildman–Crippen MR) is 89.2 cm³/mol. The molecular formula is C16H21IN2O2. The van der Waals surface area contributed by atoms with Gasteiger partial charge in [0.1, 0.15) is 9.30 Å². The van der Waals surface area contributed by atoms with Crippen LogP contribution in [0.25, 0.3) is 0 Å². The van der Waals surface area contributed by atoms with Gasteiger partial charge in [-0.15, -0.1) is 0 Å². The fourth-order valence-electron chi connectivity index (χ4n) is 3.55. The molecule has 0 N–H and O–H groups in total. The van der Waals surface area contributed by atoms with E-state index in [0.717, 1.165) is 23.0 Å². The van der Waals surface area contributed by atoms with E-state index in [4.69, 9.17) is 4.74 Å². The third-order valence-corrected chi connectivity index (χ3v) is 4.96. The van der Waals surface area contributed by atoms with Crippen molar-refractivity contribution >= 4 is 28.7 Å². The molecule has 0 spiro atoms. The maximum Gasteiger partial charge on any atom is 0.410 e. The zero-order chi connectivity index (χ0) is 15.2. The van der Waals surface area contributed by atoms with Gasteiger partial charge in [-0.2, -0.15) is 0 Å². The Kier molecular flexibility index (Phi) is 3.88. The van der Waals surface area contributed by atoms with Crippen molar-refractivity contribution in [2.45, 2.75) is 63.6 Å². The lowest BCUT2D eigenvalue weighted by Gasteiger charge is -2.28. The molecule has 2 aliphatic rings. The van der Waals surface area contributed by atoms with Crippen LogP contribution >= 0.6 is 22.6 Å². The van der Waals surface area contributed by atoms with Crippen LogP contribution in [0.5, 0.6) is 0 Å². The molecule has 3 atom stereocenters. The van der Waals surface area contributed by atoms with E-state index in [2.05, 4.69) is 33.6 Å². The molecule has 0 unspecified atom stereocenters. The molecule has 2 bridgehead atoms. The number of carbonyl (C=O) groups is 1. The molecule has 2 saturated heterocycles. The molecule has 5 heteroatoms. The number of rotatable bonds is 1. The van der Waals surface area contributed by atoms with E-state index in [-0.39, 0.29) is 12.1 Å². The number of ether oxygens (including phenoxy) is 1. The first kappa shape index (κ1) is 15.1. The van der Waals surface area contributed by atoms with Crippen molar-refractivity contribution in [1.82, 2.24) is 9.88 Å². The van der Waals surface area contributed by atoms with Gasteiger partial charge in [-0.3, -0.25) is 4.98 Å². The quantitative estimate of drug-likeness (QED) is 0.530. The van der Waals surface area contributed by atoms with Crippen LogP contribution in [0.1, 0.15) is 51.5 Å². The summed E-state index contributed by atoms with van der Waals surface area (Å²) >= 11 is 2.22. The zero-order valence-corrected chi connectivity index (χ0v) is 14.8. The second-order valence-corrected chi connectivity index (χ2v) is 8.05. The minimum absolute atomic E-state index is 0.157. The maximum atomic E-state index is 12.4. The molecule has 0 aromatic carbocycles. The van der Waals surface area contributed by atoms with Gasteiger partial charge in [-0.05, 0) is 74.3 Å². The molecule has 114 valence electrons. The number of amides is 1. The number of halogens is 1. The van der Waals surface area contributed by atoms with E-state index in [0.29, 0.717) is 12.0 Å². The Morgan fingerprint density at radius 1 is 1.38 bits per heavy atom. The van der Waals surface area contributed by atoms with E-state index >= 15 is 0 Å². The van der Waals surface area contributed by atoms with Gasteiger partial charge in [-0.1, -0.05) is 6.07 Å². The molecule has 0 saturated carbocycles. The van der Waals surface area contributed by atoms with Gasteiger partial charge in [0.05, 0.1) is 0 Å². The minimum Gasteiger partial charge on any atom is -0.444 e. The predicted octanol–water partition coefficient (Wildman–Crippen LogP) is 3.94. The molecular weight excluding hydrogens is 379 g/mol. The van der Waals surface area contributed by atoms with Gasteiger partial charge in [0, 0.05) is 24.2 Å². The Morgan fingerprint density at radius 2 is 2.14 bits per heavy atom. The Labute approximate surface area is 139 Å². The third kappa shape index (κ3) is 3.03. The first-order chi connectivity index (χ1) is 9.85. The van der Waals surface area contributed by atoms with Crippen molar-refractivity contribution in [3.05, 3.63) is 27.6 Å². The summed E-state index contributed by atoms with van der Waals surface area (Å²) in [5.74, 6) is 0.403. The normalized spacial score (nSPS) is 28.0. The van der Waals surface area contributed by atoms with Crippen LogP contribution in [-0.2, 0) is 4.74 Å². The second-order valence-electron chi connectivity index (χ2n) is 6.94.